The molecule has 0 aliphatic rings. The molecule has 7 heteroatoms. The van der Waals surface area contributed by atoms with Crippen molar-refractivity contribution in [2.24, 2.45) is 5.73 Å². The van der Waals surface area contributed by atoms with Gasteiger partial charge in [-0.25, -0.2) is 8.78 Å². The van der Waals surface area contributed by atoms with E-state index in [1.54, 1.807) is 0 Å². The number of fused-ring (bicyclic) bond motifs is 1. The Bertz CT molecular complexity index is 640. The maximum absolute atomic E-state index is 12.9. The highest BCUT2D eigenvalue weighted by atomic mass is 35.5. The summed E-state index contributed by atoms with van der Waals surface area (Å²) >= 11 is 1.31. The fourth-order valence-electron chi connectivity index (χ4n) is 1.76. The third-order valence-electron chi connectivity index (χ3n) is 2.93. The van der Waals surface area contributed by atoms with Crippen molar-refractivity contribution >= 4 is 40.8 Å². The van der Waals surface area contributed by atoms with Crippen molar-refractivity contribution in [2.75, 3.05) is 18.8 Å². The molecule has 22 heavy (non-hydrogen) atoms. The van der Waals surface area contributed by atoms with E-state index in [4.69, 9.17) is 5.73 Å². The molecule has 1 amide bonds. The van der Waals surface area contributed by atoms with Crippen LogP contribution in [0.5, 0.6) is 0 Å². The fourth-order valence-corrected chi connectivity index (χ4v) is 2.53. The summed E-state index contributed by atoms with van der Waals surface area (Å²) in [7, 11) is 0. The van der Waals surface area contributed by atoms with Gasteiger partial charge < -0.3 is 11.1 Å². The van der Waals surface area contributed by atoms with Crippen LogP contribution in [0.1, 0.15) is 0 Å². The van der Waals surface area contributed by atoms with Gasteiger partial charge in [0.05, 0.1) is 18.8 Å². The zero-order valence-electron chi connectivity index (χ0n) is 11.7. The molecule has 0 saturated carbocycles. The standard InChI is InChI=1S/C15H16F2N2OS.ClH/c16-15(17,9-18)10-19-14(20)8-21-13-6-5-11-3-1-2-4-12(11)7-13;/h1-7H,8-10,18H2,(H,19,20);1H. The number of rotatable bonds is 6. The lowest BCUT2D eigenvalue weighted by Gasteiger charge is -2.14. The topological polar surface area (TPSA) is 55.1 Å². The Morgan fingerprint density at radius 3 is 2.55 bits per heavy atom. The molecule has 0 atom stereocenters. The summed E-state index contributed by atoms with van der Waals surface area (Å²) in [5, 5.41) is 4.39. The minimum Gasteiger partial charge on any atom is -0.349 e. The Kier molecular flexibility index (Phi) is 7.06. The van der Waals surface area contributed by atoms with E-state index in [0.29, 0.717) is 0 Å². The van der Waals surface area contributed by atoms with Gasteiger partial charge in [-0.2, -0.15) is 0 Å². The first-order valence-corrected chi connectivity index (χ1v) is 7.45. The largest absolute Gasteiger partial charge is 0.349 e. The Hall–Kier alpha value is -1.37. The highest BCUT2D eigenvalue weighted by Crippen LogP contribution is 2.23. The number of hydrogen-bond donors (Lipinski definition) is 2. The molecule has 0 saturated heterocycles. The molecular weight excluding hydrogens is 330 g/mol. The van der Waals surface area contributed by atoms with Crippen molar-refractivity contribution in [3.63, 3.8) is 0 Å². The smallest absolute Gasteiger partial charge is 0.277 e. The number of alkyl halides is 2. The zero-order chi connectivity index (χ0) is 15.3. The third kappa shape index (κ3) is 5.44. The monoisotopic (exact) mass is 346 g/mol. The van der Waals surface area contributed by atoms with Gasteiger partial charge in [-0.1, -0.05) is 30.3 Å². The Labute approximate surface area is 138 Å². The molecule has 0 aliphatic carbocycles. The molecule has 2 aromatic carbocycles. The van der Waals surface area contributed by atoms with Gasteiger partial charge in [0.1, 0.15) is 0 Å². The van der Waals surface area contributed by atoms with E-state index in [1.807, 2.05) is 42.5 Å². The second kappa shape index (κ2) is 8.31. The molecule has 3 nitrogen and oxygen atoms in total. The Morgan fingerprint density at radius 2 is 1.86 bits per heavy atom. The Morgan fingerprint density at radius 1 is 1.18 bits per heavy atom. The number of carbonyl (C=O) groups is 1. The third-order valence-corrected chi connectivity index (χ3v) is 3.93. The number of nitrogens with one attached hydrogen (secondary N) is 1. The van der Waals surface area contributed by atoms with E-state index in [0.717, 1.165) is 15.7 Å². The highest BCUT2D eigenvalue weighted by molar-refractivity contribution is 8.00. The quantitative estimate of drug-likeness (QED) is 0.790. The van der Waals surface area contributed by atoms with Crippen LogP contribution in [0.2, 0.25) is 0 Å². The molecule has 0 aliphatic heterocycles. The summed E-state index contributed by atoms with van der Waals surface area (Å²) in [5.41, 5.74) is 4.90. The van der Waals surface area contributed by atoms with Gasteiger partial charge in [0.15, 0.2) is 0 Å². The van der Waals surface area contributed by atoms with Crippen LogP contribution in [0.15, 0.2) is 47.4 Å². The van der Waals surface area contributed by atoms with Gasteiger partial charge in [-0.05, 0) is 22.9 Å². The molecule has 0 aromatic heterocycles. The van der Waals surface area contributed by atoms with Crippen LogP contribution in [-0.2, 0) is 4.79 Å². The fraction of sp³-hybridized carbons (Fsp3) is 0.267. The van der Waals surface area contributed by atoms with Gasteiger partial charge in [-0.15, -0.1) is 24.2 Å². The van der Waals surface area contributed by atoms with E-state index in [1.165, 1.54) is 11.8 Å². The van der Waals surface area contributed by atoms with E-state index in [-0.39, 0.29) is 18.2 Å². The van der Waals surface area contributed by atoms with Crippen LogP contribution >= 0.6 is 24.2 Å². The normalized spacial score (nSPS) is 11.0. The average Bonchev–Trinajstić information content (AvgIpc) is 2.51. The SMILES string of the molecule is Cl.NCC(F)(F)CNC(=O)CSc1ccc2ccccc2c1. The van der Waals surface area contributed by atoms with Gasteiger partial charge in [0.2, 0.25) is 5.91 Å². The van der Waals surface area contributed by atoms with Crippen molar-refractivity contribution in [1.82, 2.24) is 5.32 Å². The average molecular weight is 347 g/mol. The number of benzene rings is 2. The minimum atomic E-state index is -3.05. The molecule has 0 unspecified atom stereocenters. The lowest BCUT2D eigenvalue weighted by atomic mass is 10.1. The summed E-state index contributed by atoms with van der Waals surface area (Å²) in [4.78, 5) is 12.5. The van der Waals surface area contributed by atoms with E-state index in [9.17, 15) is 13.6 Å². The van der Waals surface area contributed by atoms with E-state index >= 15 is 0 Å². The minimum absolute atomic E-state index is 0. The highest BCUT2D eigenvalue weighted by Gasteiger charge is 2.26. The van der Waals surface area contributed by atoms with Crippen molar-refractivity contribution in [3.8, 4) is 0 Å². The summed E-state index contributed by atoms with van der Waals surface area (Å²) < 4.78 is 25.8. The second-order valence-corrected chi connectivity index (χ2v) is 5.68. The summed E-state index contributed by atoms with van der Waals surface area (Å²) in [6.45, 7) is -1.49. The van der Waals surface area contributed by atoms with Crippen LogP contribution in [0.25, 0.3) is 10.8 Å². The first kappa shape index (κ1) is 18.7. The molecule has 0 heterocycles. The number of nitrogens with two attached hydrogens (primary N) is 1. The van der Waals surface area contributed by atoms with E-state index < -0.39 is 24.9 Å². The number of hydrogen-bond acceptors (Lipinski definition) is 3. The van der Waals surface area contributed by atoms with Crippen LogP contribution in [-0.4, -0.2) is 30.7 Å². The maximum Gasteiger partial charge on any atom is 0.277 e. The second-order valence-electron chi connectivity index (χ2n) is 4.63. The van der Waals surface area contributed by atoms with Gasteiger partial charge in [0.25, 0.3) is 5.92 Å². The summed E-state index contributed by atoms with van der Waals surface area (Å²) in [6.07, 6.45) is 0. The van der Waals surface area contributed by atoms with Crippen LogP contribution in [0, 0.1) is 0 Å². The zero-order valence-corrected chi connectivity index (χ0v) is 13.4. The van der Waals surface area contributed by atoms with Crippen molar-refractivity contribution < 1.29 is 13.6 Å². The van der Waals surface area contributed by atoms with Gasteiger partial charge in [-0.3, -0.25) is 4.79 Å². The first-order valence-electron chi connectivity index (χ1n) is 6.46. The molecule has 0 radical (unpaired) electrons. The van der Waals surface area contributed by atoms with Crippen molar-refractivity contribution in [1.29, 1.82) is 0 Å². The lowest BCUT2D eigenvalue weighted by molar-refractivity contribution is -0.120. The van der Waals surface area contributed by atoms with Gasteiger partial charge in [0, 0.05) is 4.90 Å². The van der Waals surface area contributed by atoms with Crippen molar-refractivity contribution in [2.45, 2.75) is 10.8 Å². The number of carbonyl (C=O) groups excluding carboxylic acids is 1. The molecule has 0 bridgehead atoms. The predicted octanol–water partition coefficient (Wildman–Crippen LogP) is 3.06. The molecule has 0 spiro atoms. The maximum atomic E-state index is 12.9. The molecule has 2 aromatic rings. The first-order chi connectivity index (χ1) is 10.00. The molecule has 3 N–H and O–H groups in total. The number of thioether (sulfide) groups is 1. The Balaban J connectivity index is 0.00000242. The van der Waals surface area contributed by atoms with Crippen molar-refractivity contribution in [3.05, 3.63) is 42.5 Å². The lowest BCUT2D eigenvalue weighted by Crippen LogP contribution is -2.42. The molecular formula is C15H17ClF2N2OS. The van der Waals surface area contributed by atoms with Crippen LogP contribution in [0.4, 0.5) is 8.78 Å². The summed E-state index contributed by atoms with van der Waals surface area (Å²) in [5.74, 6) is -3.39. The molecule has 2 rings (SSSR count). The van der Waals surface area contributed by atoms with E-state index in [2.05, 4.69) is 5.32 Å². The molecule has 0 fully saturated rings. The summed E-state index contributed by atoms with van der Waals surface area (Å²) in [6, 6.07) is 13.7. The van der Waals surface area contributed by atoms with Crippen LogP contribution < -0.4 is 11.1 Å². The molecule has 120 valence electrons. The van der Waals surface area contributed by atoms with Gasteiger partial charge >= 0.3 is 0 Å². The predicted molar refractivity (Wildman–Crippen MR) is 88.9 cm³/mol. The number of amides is 1. The number of halogens is 3. The van der Waals surface area contributed by atoms with Crippen LogP contribution in [0.3, 0.4) is 0 Å².